The number of aromatic amines is 1. The van der Waals surface area contributed by atoms with Crippen LogP contribution in [0.15, 0.2) is 30.3 Å². The van der Waals surface area contributed by atoms with Gasteiger partial charge in [0.05, 0.1) is 5.69 Å². The Bertz CT molecular complexity index is 532. The van der Waals surface area contributed by atoms with E-state index in [9.17, 15) is 4.79 Å². The van der Waals surface area contributed by atoms with Crippen molar-refractivity contribution >= 4 is 5.97 Å². The summed E-state index contributed by atoms with van der Waals surface area (Å²) in [7, 11) is 0. The van der Waals surface area contributed by atoms with Crippen LogP contribution in [-0.2, 0) is 4.79 Å². The van der Waals surface area contributed by atoms with Gasteiger partial charge in [0.25, 0.3) is 0 Å². The molecular weight excluding hydrogens is 216 g/mol. The van der Waals surface area contributed by atoms with Crippen molar-refractivity contribution in [1.29, 1.82) is 0 Å². The van der Waals surface area contributed by atoms with Crippen LogP contribution in [0.5, 0.6) is 0 Å². The van der Waals surface area contributed by atoms with E-state index in [2.05, 4.69) is 9.97 Å². The molecule has 1 atom stereocenters. The minimum atomic E-state index is -0.877. The van der Waals surface area contributed by atoms with E-state index in [1.54, 1.807) is 6.92 Å². The molecule has 0 bridgehead atoms. The smallest absolute Gasteiger partial charge is 0.313 e. The number of imidazole rings is 1. The molecule has 0 saturated heterocycles. The van der Waals surface area contributed by atoms with Gasteiger partial charge in [0.2, 0.25) is 0 Å². The van der Waals surface area contributed by atoms with Crippen LogP contribution >= 0.6 is 0 Å². The molecule has 0 saturated carbocycles. The van der Waals surface area contributed by atoms with Crippen LogP contribution in [0.3, 0.4) is 0 Å². The van der Waals surface area contributed by atoms with Gasteiger partial charge < -0.3 is 10.1 Å². The van der Waals surface area contributed by atoms with Gasteiger partial charge in [-0.25, -0.2) is 4.98 Å². The Morgan fingerprint density at radius 3 is 2.59 bits per heavy atom. The maximum Gasteiger partial charge on any atom is 0.313 e. The zero-order valence-electron chi connectivity index (χ0n) is 9.77. The van der Waals surface area contributed by atoms with Gasteiger partial charge in [-0.15, -0.1) is 0 Å². The number of aliphatic carboxylic acids is 1. The molecule has 4 heteroatoms. The summed E-state index contributed by atoms with van der Waals surface area (Å²) in [6.45, 7) is 3.52. The minimum Gasteiger partial charge on any atom is -0.481 e. The lowest BCUT2D eigenvalue weighted by Gasteiger charge is -2.00. The molecule has 0 aliphatic heterocycles. The fourth-order valence-corrected chi connectivity index (χ4v) is 1.68. The Balaban J connectivity index is 2.41. The van der Waals surface area contributed by atoms with E-state index in [0.717, 1.165) is 17.0 Å². The van der Waals surface area contributed by atoms with Crippen LogP contribution in [-0.4, -0.2) is 21.0 Å². The number of hydrogen-bond donors (Lipinski definition) is 2. The van der Waals surface area contributed by atoms with Gasteiger partial charge in [-0.05, 0) is 13.8 Å². The zero-order chi connectivity index (χ0) is 12.4. The van der Waals surface area contributed by atoms with E-state index in [0.29, 0.717) is 5.82 Å². The average molecular weight is 230 g/mol. The van der Waals surface area contributed by atoms with Crippen molar-refractivity contribution in [2.75, 3.05) is 0 Å². The number of aryl methyl sites for hydroxylation is 1. The van der Waals surface area contributed by atoms with Crippen LogP contribution in [0.25, 0.3) is 11.3 Å². The fourth-order valence-electron chi connectivity index (χ4n) is 1.68. The standard InChI is InChI=1S/C13H14N2O2/c1-8(13(16)17)12-14-9(2)11(15-12)10-6-4-3-5-7-10/h3-8H,1-2H3,(H,14,15)(H,16,17). The molecule has 2 aromatic rings. The fraction of sp³-hybridized carbons (Fsp3) is 0.231. The molecule has 2 N–H and O–H groups in total. The van der Waals surface area contributed by atoms with Gasteiger partial charge in [-0.1, -0.05) is 30.3 Å². The number of carboxylic acid groups (broad SMARTS) is 1. The summed E-state index contributed by atoms with van der Waals surface area (Å²) in [5.41, 5.74) is 2.69. The molecule has 0 radical (unpaired) electrons. The molecule has 0 aliphatic rings. The van der Waals surface area contributed by atoms with E-state index in [-0.39, 0.29) is 0 Å². The number of nitrogens with one attached hydrogen (secondary N) is 1. The molecule has 4 nitrogen and oxygen atoms in total. The summed E-state index contributed by atoms with van der Waals surface area (Å²) in [5.74, 6) is -1.00. The molecule has 0 amide bonds. The highest BCUT2D eigenvalue weighted by molar-refractivity contribution is 5.75. The predicted octanol–water partition coefficient (Wildman–Crippen LogP) is 2.57. The Labute approximate surface area is 99.3 Å². The number of carbonyl (C=O) groups is 1. The van der Waals surface area contributed by atoms with Gasteiger partial charge in [0.1, 0.15) is 11.7 Å². The van der Waals surface area contributed by atoms with E-state index >= 15 is 0 Å². The summed E-state index contributed by atoms with van der Waals surface area (Å²) >= 11 is 0. The number of rotatable bonds is 3. The van der Waals surface area contributed by atoms with Gasteiger partial charge in [-0.3, -0.25) is 4.79 Å². The second-order valence-corrected chi connectivity index (χ2v) is 4.02. The molecule has 0 fully saturated rings. The first-order valence-electron chi connectivity index (χ1n) is 5.44. The molecule has 1 aromatic carbocycles. The third-order valence-corrected chi connectivity index (χ3v) is 2.73. The molecule has 1 aromatic heterocycles. The van der Waals surface area contributed by atoms with Crippen molar-refractivity contribution in [2.24, 2.45) is 0 Å². The van der Waals surface area contributed by atoms with E-state index in [4.69, 9.17) is 5.11 Å². The predicted molar refractivity (Wildman–Crippen MR) is 64.8 cm³/mol. The Kier molecular flexibility index (Phi) is 2.95. The molecule has 88 valence electrons. The van der Waals surface area contributed by atoms with Crippen LogP contribution in [0.4, 0.5) is 0 Å². The van der Waals surface area contributed by atoms with Crippen molar-refractivity contribution in [1.82, 2.24) is 9.97 Å². The van der Waals surface area contributed by atoms with Gasteiger partial charge >= 0.3 is 5.97 Å². The van der Waals surface area contributed by atoms with Crippen molar-refractivity contribution in [2.45, 2.75) is 19.8 Å². The molecule has 17 heavy (non-hydrogen) atoms. The second kappa shape index (κ2) is 4.41. The number of H-pyrrole nitrogens is 1. The largest absolute Gasteiger partial charge is 0.481 e. The number of carboxylic acids is 1. The first-order chi connectivity index (χ1) is 8.09. The van der Waals surface area contributed by atoms with Gasteiger partial charge in [0, 0.05) is 11.3 Å². The van der Waals surface area contributed by atoms with Gasteiger partial charge in [0.15, 0.2) is 0 Å². The number of aromatic nitrogens is 2. The van der Waals surface area contributed by atoms with E-state index < -0.39 is 11.9 Å². The summed E-state index contributed by atoms with van der Waals surface area (Å²) < 4.78 is 0. The van der Waals surface area contributed by atoms with Crippen molar-refractivity contribution in [3.63, 3.8) is 0 Å². The lowest BCUT2D eigenvalue weighted by Crippen LogP contribution is -2.08. The maximum absolute atomic E-state index is 10.9. The maximum atomic E-state index is 10.9. The van der Waals surface area contributed by atoms with Crippen LogP contribution in [0, 0.1) is 6.92 Å². The molecule has 0 aliphatic carbocycles. The first-order valence-corrected chi connectivity index (χ1v) is 5.44. The van der Waals surface area contributed by atoms with Crippen molar-refractivity contribution in [3.8, 4) is 11.3 Å². The summed E-state index contributed by atoms with van der Waals surface area (Å²) in [6, 6.07) is 9.72. The quantitative estimate of drug-likeness (QED) is 0.851. The number of hydrogen-bond acceptors (Lipinski definition) is 2. The molecule has 1 unspecified atom stereocenters. The molecule has 2 rings (SSSR count). The molecule has 1 heterocycles. The lowest BCUT2D eigenvalue weighted by molar-refractivity contribution is -0.138. The molecular formula is C13H14N2O2. The lowest BCUT2D eigenvalue weighted by atomic mass is 10.1. The zero-order valence-corrected chi connectivity index (χ0v) is 9.77. The topological polar surface area (TPSA) is 66.0 Å². The Morgan fingerprint density at radius 2 is 2.00 bits per heavy atom. The van der Waals surface area contributed by atoms with Gasteiger partial charge in [-0.2, -0.15) is 0 Å². The number of benzene rings is 1. The number of nitrogens with zero attached hydrogens (tertiary/aromatic N) is 1. The van der Waals surface area contributed by atoms with Crippen LogP contribution in [0.1, 0.15) is 24.4 Å². The van der Waals surface area contributed by atoms with Crippen molar-refractivity contribution < 1.29 is 9.90 Å². The second-order valence-electron chi connectivity index (χ2n) is 4.02. The van der Waals surface area contributed by atoms with E-state index in [1.165, 1.54) is 0 Å². The third kappa shape index (κ3) is 2.20. The Morgan fingerprint density at radius 1 is 1.35 bits per heavy atom. The minimum absolute atomic E-state index is 0.494. The summed E-state index contributed by atoms with van der Waals surface area (Å²) in [5, 5.41) is 8.95. The molecule has 0 spiro atoms. The average Bonchev–Trinajstić information content (AvgIpc) is 2.71. The Hall–Kier alpha value is -2.10. The van der Waals surface area contributed by atoms with E-state index in [1.807, 2.05) is 37.3 Å². The van der Waals surface area contributed by atoms with Crippen molar-refractivity contribution in [3.05, 3.63) is 41.9 Å². The first kappa shape index (κ1) is 11.4. The summed E-state index contributed by atoms with van der Waals surface area (Å²) in [6.07, 6.45) is 0. The SMILES string of the molecule is Cc1[nH]c(C(C)C(=O)O)nc1-c1ccccc1. The summed E-state index contributed by atoms with van der Waals surface area (Å²) in [4.78, 5) is 18.3. The normalized spacial score (nSPS) is 12.4. The van der Waals surface area contributed by atoms with Crippen LogP contribution < -0.4 is 0 Å². The third-order valence-electron chi connectivity index (χ3n) is 2.73. The highest BCUT2D eigenvalue weighted by Crippen LogP contribution is 2.23. The highest BCUT2D eigenvalue weighted by Gasteiger charge is 2.19. The van der Waals surface area contributed by atoms with Crippen LogP contribution in [0.2, 0.25) is 0 Å². The monoisotopic (exact) mass is 230 g/mol. The highest BCUT2D eigenvalue weighted by atomic mass is 16.4.